The summed E-state index contributed by atoms with van der Waals surface area (Å²) in [5, 5.41) is 16.3. The second-order valence-corrected chi connectivity index (χ2v) is 10.6. The van der Waals surface area contributed by atoms with Crippen LogP contribution in [0.15, 0.2) is 48.5 Å². The molecule has 3 saturated heterocycles. The Labute approximate surface area is 217 Å². The van der Waals surface area contributed by atoms with Crippen LogP contribution in [-0.4, -0.2) is 58.6 Å². The first-order chi connectivity index (χ1) is 17.7. The lowest BCUT2D eigenvalue weighted by molar-refractivity contribution is -0.149. The zero-order valence-corrected chi connectivity index (χ0v) is 21.8. The van der Waals surface area contributed by atoms with Crippen LogP contribution in [0.2, 0.25) is 0 Å². The van der Waals surface area contributed by atoms with Crippen LogP contribution < -0.4 is 10.6 Å². The molecule has 0 saturated carbocycles. The van der Waals surface area contributed by atoms with E-state index in [1.54, 1.807) is 7.05 Å². The van der Waals surface area contributed by atoms with Crippen LogP contribution in [0.4, 0.5) is 5.69 Å². The molecule has 3 heterocycles. The molecule has 5 rings (SSSR count). The maximum Gasteiger partial charge on any atom is 0.250 e. The molecule has 2 bridgehead atoms. The summed E-state index contributed by atoms with van der Waals surface area (Å²) in [5.41, 5.74) is 1.32. The number of nitrogens with one attached hydrogen (secondary N) is 2. The second kappa shape index (κ2) is 9.26. The summed E-state index contributed by atoms with van der Waals surface area (Å²) in [6.07, 6.45) is 1.63. The van der Waals surface area contributed by atoms with E-state index in [1.807, 2.05) is 69.3 Å². The van der Waals surface area contributed by atoms with Gasteiger partial charge in [0.05, 0.1) is 30.1 Å². The van der Waals surface area contributed by atoms with Crippen LogP contribution in [-0.2, 0) is 19.1 Å². The average Bonchev–Trinajstić information content (AvgIpc) is 3.51. The van der Waals surface area contributed by atoms with Gasteiger partial charge in [-0.3, -0.25) is 14.4 Å². The molecule has 2 unspecified atom stereocenters. The normalized spacial score (nSPS) is 30.8. The van der Waals surface area contributed by atoms with Crippen molar-refractivity contribution in [2.75, 3.05) is 19.0 Å². The minimum Gasteiger partial charge on any atom is -0.394 e. The van der Waals surface area contributed by atoms with E-state index in [1.165, 1.54) is 4.90 Å². The zero-order chi connectivity index (χ0) is 26.5. The van der Waals surface area contributed by atoms with Gasteiger partial charge in [0.2, 0.25) is 17.7 Å². The monoisotopic (exact) mass is 505 g/mol. The van der Waals surface area contributed by atoms with Crippen LogP contribution in [0.25, 0.3) is 0 Å². The third kappa shape index (κ3) is 3.68. The Hall–Kier alpha value is -3.23. The van der Waals surface area contributed by atoms with E-state index < -0.39 is 35.1 Å². The number of rotatable bonds is 7. The average molecular weight is 506 g/mol. The van der Waals surface area contributed by atoms with Gasteiger partial charge in [-0.05, 0) is 55.9 Å². The molecule has 3 amide bonds. The fourth-order valence-electron chi connectivity index (χ4n) is 6.95. The quantitative estimate of drug-likeness (QED) is 0.536. The highest BCUT2D eigenvalue weighted by Gasteiger charge is 2.79. The second-order valence-electron chi connectivity index (χ2n) is 10.6. The van der Waals surface area contributed by atoms with Crippen molar-refractivity contribution in [1.82, 2.24) is 10.2 Å². The molecular formula is C29H35N3O5. The van der Waals surface area contributed by atoms with Gasteiger partial charge < -0.3 is 25.4 Å². The Balaban J connectivity index is 1.64. The van der Waals surface area contributed by atoms with Gasteiger partial charge in [-0.25, -0.2) is 0 Å². The van der Waals surface area contributed by atoms with Crippen LogP contribution in [0, 0.1) is 25.7 Å². The molecule has 3 N–H and O–H groups in total. The van der Waals surface area contributed by atoms with Crippen LogP contribution in [0.1, 0.15) is 48.9 Å². The predicted molar refractivity (Wildman–Crippen MR) is 139 cm³/mol. The summed E-state index contributed by atoms with van der Waals surface area (Å²) in [5.74, 6) is -2.47. The summed E-state index contributed by atoms with van der Waals surface area (Å²) in [4.78, 5) is 43.2. The van der Waals surface area contributed by atoms with E-state index in [2.05, 4.69) is 10.6 Å². The first-order valence-electron chi connectivity index (χ1n) is 13.0. The molecule has 6 atom stereocenters. The van der Waals surface area contributed by atoms with Gasteiger partial charge in [-0.15, -0.1) is 0 Å². The SMILES string of the molecule is CC[C@@]12CCC3(O1)C(C(=O)Nc1cc(C)ccc1C)N([C@H](CO)c1ccccc1)C(=O)[C@@H]3[C@@H]2C(=O)NC. The maximum absolute atomic E-state index is 14.3. The fraction of sp³-hybridized carbons (Fsp3) is 0.483. The molecule has 0 aromatic heterocycles. The number of aryl methyl sites for hydroxylation is 2. The smallest absolute Gasteiger partial charge is 0.250 e. The Morgan fingerprint density at radius 2 is 1.86 bits per heavy atom. The van der Waals surface area contributed by atoms with E-state index in [0.29, 0.717) is 24.9 Å². The molecular weight excluding hydrogens is 470 g/mol. The van der Waals surface area contributed by atoms with E-state index in [4.69, 9.17) is 4.74 Å². The summed E-state index contributed by atoms with van der Waals surface area (Å²) >= 11 is 0. The van der Waals surface area contributed by atoms with Crippen molar-refractivity contribution < 1.29 is 24.2 Å². The third-order valence-corrected chi connectivity index (χ3v) is 8.74. The Morgan fingerprint density at radius 1 is 1.14 bits per heavy atom. The number of aliphatic hydroxyl groups excluding tert-OH is 1. The van der Waals surface area contributed by atoms with Crippen molar-refractivity contribution in [3.8, 4) is 0 Å². The van der Waals surface area contributed by atoms with Gasteiger partial charge in [0.15, 0.2) is 0 Å². The van der Waals surface area contributed by atoms with Gasteiger partial charge in [0.1, 0.15) is 11.6 Å². The molecule has 37 heavy (non-hydrogen) atoms. The van der Waals surface area contributed by atoms with E-state index in [0.717, 1.165) is 16.7 Å². The Bertz CT molecular complexity index is 1230. The zero-order valence-electron chi connectivity index (χ0n) is 21.8. The van der Waals surface area contributed by atoms with Crippen LogP contribution in [0.5, 0.6) is 0 Å². The van der Waals surface area contributed by atoms with E-state index in [9.17, 15) is 19.5 Å². The predicted octanol–water partition coefficient (Wildman–Crippen LogP) is 2.88. The molecule has 8 heteroatoms. The van der Waals surface area contributed by atoms with Crippen molar-refractivity contribution >= 4 is 23.4 Å². The number of aliphatic hydroxyl groups is 1. The van der Waals surface area contributed by atoms with Gasteiger partial charge in [-0.1, -0.05) is 49.4 Å². The lowest BCUT2D eigenvalue weighted by Gasteiger charge is -2.37. The number of likely N-dealkylation sites (tertiary alicyclic amines) is 1. The number of anilines is 1. The minimum absolute atomic E-state index is 0.252. The Morgan fingerprint density at radius 3 is 2.51 bits per heavy atom. The molecule has 196 valence electrons. The molecule has 3 aliphatic rings. The molecule has 3 aliphatic heterocycles. The number of hydrogen-bond donors (Lipinski definition) is 3. The van der Waals surface area contributed by atoms with Crippen molar-refractivity contribution in [2.45, 2.75) is 63.3 Å². The largest absolute Gasteiger partial charge is 0.394 e. The van der Waals surface area contributed by atoms with Gasteiger partial charge in [-0.2, -0.15) is 0 Å². The van der Waals surface area contributed by atoms with Gasteiger partial charge in [0, 0.05) is 12.7 Å². The van der Waals surface area contributed by atoms with Crippen molar-refractivity contribution in [2.24, 2.45) is 11.8 Å². The minimum atomic E-state index is -1.16. The lowest BCUT2D eigenvalue weighted by atomic mass is 9.65. The maximum atomic E-state index is 14.3. The molecule has 0 aliphatic carbocycles. The number of amides is 3. The number of benzene rings is 2. The van der Waals surface area contributed by atoms with Crippen molar-refractivity contribution in [1.29, 1.82) is 0 Å². The standard InChI is InChI=1S/C29H35N3O5/c1-5-28-13-14-29(37-28)23(22(28)25(34)30-4)27(36)32(21(16-33)19-9-7-6-8-10-19)24(29)26(35)31-20-15-17(2)11-12-18(20)3/h6-12,15,21-24,33H,5,13-14,16H2,1-4H3,(H,30,34)(H,31,35)/t21-,22-,23+,24?,28+,29?/m1/s1. The highest BCUT2D eigenvalue weighted by atomic mass is 16.5. The molecule has 1 spiro atoms. The molecule has 0 radical (unpaired) electrons. The summed E-state index contributed by atoms with van der Waals surface area (Å²) in [6, 6.07) is 13.3. The van der Waals surface area contributed by atoms with Crippen LogP contribution >= 0.6 is 0 Å². The molecule has 8 nitrogen and oxygen atoms in total. The van der Waals surface area contributed by atoms with E-state index in [-0.39, 0.29) is 24.3 Å². The summed E-state index contributed by atoms with van der Waals surface area (Å²) in [7, 11) is 1.56. The Kier molecular flexibility index (Phi) is 6.36. The highest BCUT2D eigenvalue weighted by molar-refractivity contribution is 6.04. The van der Waals surface area contributed by atoms with Crippen molar-refractivity contribution in [3.63, 3.8) is 0 Å². The molecule has 2 aromatic rings. The highest BCUT2D eigenvalue weighted by Crippen LogP contribution is 2.65. The number of ether oxygens (including phenoxy) is 1. The molecule has 2 aromatic carbocycles. The number of carbonyl (C=O) groups excluding carboxylic acids is 3. The van der Waals surface area contributed by atoms with Crippen LogP contribution in [0.3, 0.4) is 0 Å². The number of hydrogen-bond acceptors (Lipinski definition) is 5. The topological polar surface area (TPSA) is 108 Å². The molecule has 3 fully saturated rings. The lowest BCUT2D eigenvalue weighted by Crippen LogP contribution is -2.54. The van der Waals surface area contributed by atoms with Crippen molar-refractivity contribution in [3.05, 3.63) is 65.2 Å². The number of carbonyl (C=O) groups is 3. The van der Waals surface area contributed by atoms with Gasteiger partial charge >= 0.3 is 0 Å². The number of nitrogens with zero attached hydrogens (tertiary/aromatic N) is 1. The first kappa shape index (κ1) is 25.4. The summed E-state index contributed by atoms with van der Waals surface area (Å²) < 4.78 is 6.75. The fourth-order valence-corrected chi connectivity index (χ4v) is 6.95. The van der Waals surface area contributed by atoms with E-state index >= 15 is 0 Å². The first-order valence-corrected chi connectivity index (χ1v) is 13.0. The third-order valence-electron chi connectivity index (χ3n) is 8.74. The van der Waals surface area contributed by atoms with Gasteiger partial charge in [0.25, 0.3) is 0 Å². The number of fused-ring (bicyclic) bond motifs is 1. The summed E-state index contributed by atoms with van der Waals surface area (Å²) in [6.45, 7) is 5.46.